The fraction of sp³-hybridized carbons (Fsp3) is 0.562. The van der Waals surface area contributed by atoms with Gasteiger partial charge in [-0.3, -0.25) is 0 Å². The summed E-state index contributed by atoms with van der Waals surface area (Å²) in [5.74, 6) is 0.680. The molecular formula is C16H26ClNO5. The van der Waals surface area contributed by atoms with Gasteiger partial charge in [-0.25, -0.2) is 4.79 Å². The first kappa shape index (κ1) is 21.3. The molecule has 0 bridgehead atoms. The van der Waals surface area contributed by atoms with Crippen molar-refractivity contribution in [2.45, 2.75) is 13.8 Å². The number of ether oxygens (including phenoxy) is 4. The molecule has 0 fully saturated rings. The molecule has 0 aromatic heterocycles. The van der Waals surface area contributed by atoms with E-state index in [2.05, 4.69) is 18.7 Å². The summed E-state index contributed by atoms with van der Waals surface area (Å²) in [7, 11) is 4.48. The van der Waals surface area contributed by atoms with Crippen molar-refractivity contribution in [3.8, 4) is 17.2 Å². The molecule has 0 aliphatic heterocycles. The van der Waals surface area contributed by atoms with E-state index in [1.165, 1.54) is 21.3 Å². The van der Waals surface area contributed by atoms with E-state index < -0.39 is 5.97 Å². The Morgan fingerprint density at radius 3 is 2.04 bits per heavy atom. The van der Waals surface area contributed by atoms with Crippen molar-refractivity contribution in [1.82, 2.24) is 4.90 Å². The van der Waals surface area contributed by atoms with E-state index in [0.717, 1.165) is 13.1 Å². The van der Waals surface area contributed by atoms with Crippen molar-refractivity contribution in [3.05, 3.63) is 17.7 Å². The van der Waals surface area contributed by atoms with E-state index in [1.807, 2.05) is 0 Å². The van der Waals surface area contributed by atoms with E-state index in [9.17, 15) is 4.79 Å². The van der Waals surface area contributed by atoms with Crippen LogP contribution in [-0.2, 0) is 4.74 Å². The molecule has 0 unspecified atom stereocenters. The molecule has 132 valence electrons. The van der Waals surface area contributed by atoms with E-state index in [4.69, 9.17) is 18.9 Å². The number of nitrogens with zero attached hydrogens (tertiary/aromatic N) is 1. The zero-order chi connectivity index (χ0) is 16.5. The second-order valence-electron chi connectivity index (χ2n) is 4.54. The first-order valence-electron chi connectivity index (χ1n) is 7.31. The third kappa shape index (κ3) is 5.48. The lowest BCUT2D eigenvalue weighted by Crippen LogP contribution is -2.28. The molecule has 0 radical (unpaired) electrons. The molecular weight excluding hydrogens is 322 g/mol. The number of likely N-dealkylation sites (N-methyl/N-ethyl adjacent to an activating group) is 1. The van der Waals surface area contributed by atoms with Crippen LogP contribution in [0.3, 0.4) is 0 Å². The van der Waals surface area contributed by atoms with Gasteiger partial charge >= 0.3 is 5.97 Å². The SMILES string of the molecule is CCN(CC)CCOC(=O)c1c(OC)ccc(OC)c1OC.Cl. The Kier molecular flexibility index (Phi) is 10.2. The van der Waals surface area contributed by atoms with Gasteiger partial charge in [-0.05, 0) is 25.2 Å². The highest BCUT2D eigenvalue weighted by molar-refractivity contribution is 5.96. The Morgan fingerprint density at radius 1 is 1.00 bits per heavy atom. The predicted octanol–water partition coefficient (Wildman–Crippen LogP) is 2.63. The average Bonchev–Trinajstić information content (AvgIpc) is 2.56. The summed E-state index contributed by atoms with van der Waals surface area (Å²) in [6, 6.07) is 3.34. The standard InChI is InChI=1S/C16H25NO5.ClH/c1-6-17(7-2)10-11-22-16(18)14-12(19-3)8-9-13(20-4)15(14)21-5;/h8-9H,6-7,10-11H2,1-5H3;1H. The Morgan fingerprint density at radius 2 is 1.57 bits per heavy atom. The van der Waals surface area contributed by atoms with E-state index >= 15 is 0 Å². The highest BCUT2D eigenvalue weighted by Gasteiger charge is 2.23. The van der Waals surface area contributed by atoms with Crippen LogP contribution in [-0.4, -0.2) is 58.4 Å². The summed E-state index contributed by atoms with van der Waals surface area (Å²) in [5, 5.41) is 0. The van der Waals surface area contributed by atoms with Crippen molar-refractivity contribution in [2.24, 2.45) is 0 Å². The molecule has 0 aliphatic rings. The number of hydrogen-bond acceptors (Lipinski definition) is 6. The van der Waals surface area contributed by atoms with Crippen LogP contribution in [0.15, 0.2) is 12.1 Å². The second kappa shape index (κ2) is 11.0. The van der Waals surface area contributed by atoms with E-state index in [1.54, 1.807) is 12.1 Å². The monoisotopic (exact) mass is 347 g/mol. The largest absolute Gasteiger partial charge is 0.496 e. The van der Waals surface area contributed by atoms with Crippen molar-refractivity contribution >= 4 is 18.4 Å². The molecule has 7 heteroatoms. The molecule has 1 aromatic carbocycles. The maximum absolute atomic E-state index is 12.4. The summed E-state index contributed by atoms with van der Waals surface area (Å²) in [5.41, 5.74) is 0.240. The van der Waals surface area contributed by atoms with Gasteiger partial charge in [-0.1, -0.05) is 13.8 Å². The highest BCUT2D eigenvalue weighted by atomic mass is 35.5. The number of carbonyl (C=O) groups is 1. The average molecular weight is 348 g/mol. The summed E-state index contributed by atoms with van der Waals surface area (Å²) < 4.78 is 21.1. The summed E-state index contributed by atoms with van der Waals surface area (Å²) in [4.78, 5) is 14.5. The molecule has 0 saturated heterocycles. The number of esters is 1. The van der Waals surface area contributed by atoms with Crippen LogP contribution in [0.1, 0.15) is 24.2 Å². The van der Waals surface area contributed by atoms with Gasteiger partial charge in [0, 0.05) is 6.54 Å². The topological polar surface area (TPSA) is 57.2 Å². The van der Waals surface area contributed by atoms with Crippen LogP contribution in [0.2, 0.25) is 0 Å². The number of benzene rings is 1. The lowest BCUT2D eigenvalue weighted by molar-refractivity contribution is 0.0458. The van der Waals surface area contributed by atoms with Crippen molar-refractivity contribution in [2.75, 3.05) is 47.6 Å². The van der Waals surface area contributed by atoms with Gasteiger partial charge < -0.3 is 23.8 Å². The molecule has 1 aromatic rings. The number of hydrogen-bond donors (Lipinski definition) is 0. The van der Waals surface area contributed by atoms with Crippen LogP contribution in [0.4, 0.5) is 0 Å². The molecule has 1 rings (SSSR count). The van der Waals surface area contributed by atoms with Gasteiger partial charge in [0.25, 0.3) is 0 Å². The van der Waals surface area contributed by atoms with Gasteiger partial charge in [-0.15, -0.1) is 12.4 Å². The van der Waals surface area contributed by atoms with Gasteiger partial charge in [0.2, 0.25) is 0 Å². The summed E-state index contributed by atoms with van der Waals surface area (Å²) in [6.45, 7) is 6.97. The molecule has 23 heavy (non-hydrogen) atoms. The van der Waals surface area contributed by atoms with Crippen LogP contribution in [0, 0.1) is 0 Å². The fourth-order valence-electron chi connectivity index (χ4n) is 2.15. The molecule has 6 nitrogen and oxygen atoms in total. The maximum atomic E-state index is 12.4. The minimum atomic E-state index is -0.486. The van der Waals surface area contributed by atoms with E-state index in [-0.39, 0.29) is 18.0 Å². The quantitative estimate of drug-likeness (QED) is 0.640. The van der Waals surface area contributed by atoms with Crippen LogP contribution in [0.25, 0.3) is 0 Å². The smallest absolute Gasteiger partial charge is 0.345 e. The lowest BCUT2D eigenvalue weighted by atomic mass is 10.1. The molecule has 0 atom stereocenters. The zero-order valence-electron chi connectivity index (χ0n) is 14.4. The van der Waals surface area contributed by atoms with Crippen LogP contribution in [0.5, 0.6) is 17.2 Å². The number of halogens is 1. The maximum Gasteiger partial charge on any atom is 0.345 e. The normalized spacial score (nSPS) is 10.0. The minimum absolute atomic E-state index is 0. The van der Waals surface area contributed by atoms with Gasteiger partial charge in [0.05, 0.1) is 21.3 Å². The highest BCUT2D eigenvalue weighted by Crippen LogP contribution is 2.37. The Balaban J connectivity index is 0.00000484. The molecule has 0 aliphatic carbocycles. The van der Waals surface area contributed by atoms with Crippen molar-refractivity contribution in [1.29, 1.82) is 0 Å². The summed E-state index contributed by atoms with van der Waals surface area (Å²) >= 11 is 0. The van der Waals surface area contributed by atoms with E-state index in [0.29, 0.717) is 30.4 Å². The second-order valence-corrected chi connectivity index (χ2v) is 4.54. The first-order chi connectivity index (χ1) is 10.6. The number of carbonyl (C=O) groups excluding carboxylic acids is 1. The molecule has 0 N–H and O–H groups in total. The minimum Gasteiger partial charge on any atom is -0.496 e. The zero-order valence-corrected chi connectivity index (χ0v) is 15.2. The molecule has 0 spiro atoms. The Bertz CT molecular complexity index is 492. The molecule has 0 amide bonds. The lowest BCUT2D eigenvalue weighted by Gasteiger charge is -2.19. The van der Waals surface area contributed by atoms with Gasteiger partial charge in [-0.2, -0.15) is 0 Å². The van der Waals surface area contributed by atoms with Gasteiger partial charge in [0.15, 0.2) is 11.5 Å². The van der Waals surface area contributed by atoms with Gasteiger partial charge in [0.1, 0.15) is 17.9 Å². The number of methoxy groups -OCH3 is 3. The molecule has 0 heterocycles. The Hall–Kier alpha value is -1.66. The fourth-order valence-corrected chi connectivity index (χ4v) is 2.15. The predicted molar refractivity (Wildman–Crippen MR) is 91.4 cm³/mol. The third-order valence-electron chi connectivity index (χ3n) is 3.47. The Labute approximate surface area is 144 Å². The van der Waals surface area contributed by atoms with Crippen molar-refractivity contribution in [3.63, 3.8) is 0 Å². The number of rotatable bonds is 9. The third-order valence-corrected chi connectivity index (χ3v) is 3.47. The van der Waals surface area contributed by atoms with Crippen molar-refractivity contribution < 1.29 is 23.7 Å². The van der Waals surface area contributed by atoms with Crippen LogP contribution >= 0.6 is 12.4 Å². The van der Waals surface area contributed by atoms with Crippen LogP contribution < -0.4 is 14.2 Å². The molecule has 0 saturated carbocycles. The first-order valence-corrected chi connectivity index (χ1v) is 7.31. The summed E-state index contributed by atoms with van der Waals surface area (Å²) in [6.07, 6.45) is 0.